The summed E-state index contributed by atoms with van der Waals surface area (Å²) in [6.45, 7) is 2.02. The van der Waals surface area contributed by atoms with E-state index in [2.05, 4.69) is 26.2 Å². The van der Waals surface area contributed by atoms with Crippen molar-refractivity contribution >= 4 is 38.6 Å². The van der Waals surface area contributed by atoms with Gasteiger partial charge in [0.1, 0.15) is 5.52 Å². The van der Waals surface area contributed by atoms with E-state index in [1.54, 1.807) is 18.2 Å². The Hall–Kier alpha value is -2.92. The van der Waals surface area contributed by atoms with E-state index < -0.39 is 0 Å². The molecule has 4 nitrogen and oxygen atoms in total. The van der Waals surface area contributed by atoms with Gasteiger partial charge in [0.2, 0.25) is 5.89 Å². The number of nitrogens with one attached hydrogen (secondary N) is 1. The van der Waals surface area contributed by atoms with Crippen molar-refractivity contribution in [2.24, 2.45) is 0 Å². The van der Waals surface area contributed by atoms with E-state index >= 15 is 0 Å². The Morgan fingerprint density at radius 3 is 2.69 bits per heavy atom. The van der Waals surface area contributed by atoms with Crippen LogP contribution in [-0.4, -0.2) is 10.9 Å². The molecule has 1 heterocycles. The first-order valence-electron chi connectivity index (χ1n) is 8.14. The van der Waals surface area contributed by atoms with Gasteiger partial charge in [-0.25, -0.2) is 4.98 Å². The average molecular weight is 407 g/mol. The van der Waals surface area contributed by atoms with Crippen molar-refractivity contribution in [2.75, 3.05) is 5.32 Å². The van der Waals surface area contributed by atoms with Gasteiger partial charge in [-0.1, -0.05) is 40.2 Å². The third-order valence-corrected chi connectivity index (χ3v) is 4.60. The monoisotopic (exact) mass is 406 g/mol. The number of fused-ring (bicyclic) bond motifs is 1. The zero-order valence-corrected chi connectivity index (χ0v) is 15.6. The number of hydrogen-bond acceptors (Lipinski definition) is 3. The molecule has 3 aromatic carbocycles. The van der Waals surface area contributed by atoms with Crippen molar-refractivity contribution in [3.8, 4) is 11.5 Å². The molecule has 0 spiro atoms. The number of amides is 1. The summed E-state index contributed by atoms with van der Waals surface area (Å²) in [6, 6.07) is 20.7. The Morgan fingerprint density at radius 2 is 1.88 bits per heavy atom. The minimum atomic E-state index is -0.177. The highest BCUT2D eigenvalue weighted by Crippen LogP contribution is 2.28. The second kappa shape index (κ2) is 6.77. The first-order chi connectivity index (χ1) is 12.6. The molecular weight excluding hydrogens is 392 g/mol. The predicted octanol–water partition coefficient (Wildman–Crippen LogP) is 5.82. The van der Waals surface area contributed by atoms with Crippen molar-refractivity contribution in [1.29, 1.82) is 0 Å². The number of benzene rings is 3. The summed E-state index contributed by atoms with van der Waals surface area (Å²) in [5.41, 5.74) is 4.69. The molecule has 0 saturated carbocycles. The van der Waals surface area contributed by atoms with Crippen LogP contribution in [0.25, 0.3) is 22.6 Å². The molecule has 0 aliphatic carbocycles. The molecule has 0 saturated heterocycles. The first-order valence-corrected chi connectivity index (χ1v) is 8.93. The number of rotatable bonds is 3. The number of carbonyl (C=O) groups is 1. The highest BCUT2D eigenvalue weighted by Gasteiger charge is 2.12. The van der Waals surface area contributed by atoms with E-state index in [1.807, 2.05) is 55.5 Å². The number of oxazole rings is 1. The Morgan fingerprint density at radius 1 is 1.04 bits per heavy atom. The highest BCUT2D eigenvalue weighted by atomic mass is 79.9. The molecule has 128 valence electrons. The molecule has 1 N–H and O–H groups in total. The number of halogens is 1. The molecule has 1 amide bonds. The van der Waals surface area contributed by atoms with Crippen LogP contribution >= 0.6 is 15.9 Å². The average Bonchev–Trinajstić information content (AvgIpc) is 3.05. The van der Waals surface area contributed by atoms with Crippen LogP contribution in [-0.2, 0) is 0 Å². The summed E-state index contributed by atoms with van der Waals surface area (Å²) in [5.74, 6) is 0.401. The van der Waals surface area contributed by atoms with E-state index in [9.17, 15) is 4.79 Å². The zero-order chi connectivity index (χ0) is 18.1. The van der Waals surface area contributed by atoms with Gasteiger partial charge in [-0.2, -0.15) is 0 Å². The van der Waals surface area contributed by atoms with Gasteiger partial charge < -0.3 is 9.73 Å². The topological polar surface area (TPSA) is 55.1 Å². The molecule has 0 fully saturated rings. The lowest BCUT2D eigenvalue weighted by molar-refractivity contribution is 0.102. The number of carbonyl (C=O) groups excluding carboxylic acids is 1. The van der Waals surface area contributed by atoms with Gasteiger partial charge in [0.15, 0.2) is 5.58 Å². The maximum absolute atomic E-state index is 12.4. The summed E-state index contributed by atoms with van der Waals surface area (Å²) < 4.78 is 6.77. The van der Waals surface area contributed by atoms with Crippen molar-refractivity contribution in [2.45, 2.75) is 6.92 Å². The number of nitrogens with zero attached hydrogens (tertiary/aromatic N) is 1. The van der Waals surface area contributed by atoms with Crippen LogP contribution in [0.5, 0.6) is 0 Å². The fourth-order valence-corrected chi connectivity index (χ4v) is 3.16. The van der Waals surface area contributed by atoms with E-state index in [-0.39, 0.29) is 5.91 Å². The summed E-state index contributed by atoms with van der Waals surface area (Å²) >= 11 is 3.38. The van der Waals surface area contributed by atoms with Crippen LogP contribution in [0, 0.1) is 6.92 Å². The molecule has 0 radical (unpaired) electrons. The van der Waals surface area contributed by atoms with Crippen molar-refractivity contribution < 1.29 is 9.21 Å². The van der Waals surface area contributed by atoms with Gasteiger partial charge in [-0.15, -0.1) is 0 Å². The van der Waals surface area contributed by atoms with Gasteiger partial charge in [0.25, 0.3) is 5.91 Å². The summed E-state index contributed by atoms with van der Waals surface area (Å²) in [6.07, 6.45) is 0. The minimum absolute atomic E-state index is 0.177. The number of aromatic nitrogens is 1. The molecule has 0 bridgehead atoms. The largest absolute Gasteiger partial charge is 0.436 e. The van der Waals surface area contributed by atoms with Crippen molar-refractivity contribution in [3.05, 3.63) is 82.3 Å². The number of hydrogen-bond donors (Lipinski definition) is 1. The third kappa shape index (κ3) is 3.26. The maximum Gasteiger partial charge on any atom is 0.255 e. The summed E-state index contributed by atoms with van der Waals surface area (Å²) in [5, 5.41) is 2.89. The second-order valence-corrected chi connectivity index (χ2v) is 6.90. The fourth-order valence-electron chi connectivity index (χ4n) is 2.76. The molecule has 4 rings (SSSR count). The Kier molecular flexibility index (Phi) is 4.31. The minimum Gasteiger partial charge on any atom is -0.436 e. The lowest BCUT2D eigenvalue weighted by Crippen LogP contribution is -2.11. The SMILES string of the molecule is Cc1ccccc1-c1nc2ccc(NC(=O)c3cccc(Br)c3)cc2o1. The molecule has 4 aromatic rings. The van der Waals surface area contributed by atoms with Crippen LogP contribution in [0.1, 0.15) is 15.9 Å². The van der Waals surface area contributed by atoms with Crippen molar-refractivity contribution in [3.63, 3.8) is 0 Å². The quantitative estimate of drug-likeness (QED) is 0.466. The normalized spacial score (nSPS) is 10.8. The summed E-state index contributed by atoms with van der Waals surface area (Å²) in [7, 11) is 0. The molecule has 0 aliphatic heterocycles. The lowest BCUT2D eigenvalue weighted by atomic mass is 10.1. The molecule has 0 aliphatic rings. The number of anilines is 1. The van der Waals surface area contributed by atoms with Crippen LogP contribution in [0.3, 0.4) is 0 Å². The van der Waals surface area contributed by atoms with Crippen molar-refractivity contribution in [1.82, 2.24) is 4.98 Å². The molecule has 1 aromatic heterocycles. The van der Waals surface area contributed by atoms with Gasteiger partial charge in [0.05, 0.1) is 0 Å². The molecule has 5 heteroatoms. The van der Waals surface area contributed by atoms with Crippen LogP contribution in [0.2, 0.25) is 0 Å². The third-order valence-electron chi connectivity index (χ3n) is 4.11. The summed E-state index contributed by atoms with van der Waals surface area (Å²) in [4.78, 5) is 16.9. The van der Waals surface area contributed by atoms with Crippen LogP contribution in [0.4, 0.5) is 5.69 Å². The number of aryl methyl sites for hydroxylation is 1. The van der Waals surface area contributed by atoms with Gasteiger partial charge in [-0.3, -0.25) is 4.79 Å². The fraction of sp³-hybridized carbons (Fsp3) is 0.0476. The smallest absolute Gasteiger partial charge is 0.255 e. The molecular formula is C21H15BrN2O2. The molecule has 0 unspecified atom stereocenters. The van der Waals surface area contributed by atoms with E-state index in [1.165, 1.54) is 0 Å². The second-order valence-electron chi connectivity index (χ2n) is 5.98. The maximum atomic E-state index is 12.4. The Labute approximate surface area is 159 Å². The Balaban J connectivity index is 1.64. The van der Waals surface area contributed by atoms with Gasteiger partial charge in [0, 0.05) is 27.4 Å². The predicted molar refractivity (Wildman–Crippen MR) is 106 cm³/mol. The molecule has 0 atom stereocenters. The van der Waals surface area contributed by atoms with Crippen LogP contribution in [0.15, 0.2) is 75.6 Å². The van der Waals surface area contributed by atoms with Crippen LogP contribution < -0.4 is 5.32 Å². The van der Waals surface area contributed by atoms with Gasteiger partial charge in [-0.05, 0) is 48.9 Å². The molecule has 26 heavy (non-hydrogen) atoms. The highest BCUT2D eigenvalue weighted by molar-refractivity contribution is 9.10. The Bertz CT molecular complexity index is 1120. The standard InChI is InChI=1S/C21H15BrN2O2/c1-13-5-2-3-8-17(13)21-24-18-10-9-16(12-19(18)26-21)23-20(25)14-6-4-7-15(22)11-14/h2-12H,1H3,(H,23,25). The first kappa shape index (κ1) is 16.5. The zero-order valence-electron chi connectivity index (χ0n) is 14.0. The van der Waals surface area contributed by atoms with E-state index in [4.69, 9.17) is 4.42 Å². The van der Waals surface area contributed by atoms with Gasteiger partial charge >= 0.3 is 0 Å². The van der Waals surface area contributed by atoms with E-state index in [0.717, 1.165) is 21.1 Å². The lowest BCUT2D eigenvalue weighted by Gasteiger charge is -2.05. The van der Waals surface area contributed by atoms with E-state index in [0.29, 0.717) is 22.7 Å².